The summed E-state index contributed by atoms with van der Waals surface area (Å²) in [6.07, 6.45) is 2.65. The van der Waals surface area contributed by atoms with E-state index in [1.807, 2.05) is 0 Å². The molecule has 1 aromatic carbocycles. The van der Waals surface area contributed by atoms with Crippen LogP contribution in [0, 0.1) is 0 Å². The van der Waals surface area contributed by atoms with Crippen LogP contribution < -0.4 is 5.32 Å². The van der Waals surface area contributed by atoms with Gasteiger partial charge in [-0.15, -0.1) is 11.3 Å². The Balaban J connectivity index is 1.99. The number of furan rings is 1. The van der Waals surface area contributed by atoms with Gasteiger partial charge in [-0.25, -0.2) is 13.6 Å². The van der Waals surface area contributed by atoms with Crippen molar-refractivity contribution >= 4 is 44.8 Å². The van der Waals surface area contributed by atoms with E-state index in [1.54, 1.807) is 24.3 Å². The first-order chi connectivity index (χ1) is 14.2. The molecule has 3 rings (SSSR count). The van der Waals surface area contributed by atoms with Gasteiger partial charge in [0, 0.05) is 21.9 Å². The van der Waals surface area contributed by atoms with Gasteiger partial charge < -0.3 is 14.8 Å². The fourth-order valence-corrected chi connectivity index (χ4v) is 3.76. The second-order valence-electron chi connectivity index (χ2n) is 6.43. The van der Waals surface area contributed by atoms with Crippen molar-refractivity contribution in [1.82, 2.24) is 0 Å². The van der Waals surface area contributed by atoms with Gasteiger partial charge in [0.1, 0.15) is 16.1 Å². The largest absolute Gasteiger partial charge is 0.478 e. The maximum absolute atomic E-state index is 14.5. The first-order valence-corrected chi connectivity index (χ1v) is 9.61. The van der Waals surface area contributed by atoms with Gasteiger partial charge in [0.15, 0.2) is 11.7 Å². The lowest BCUT2D eigenvalue weighted by Crippen LogP contribution is -2.13. The molecule has 8 heteroatoms. The number of thiophene rings is 1. The third kappa shape index (κ3) is 3.95. The lowest BCUT2D eigenvalue weighted by atomic mass is 10.0. The number of anilines is 1. The van der Waals surface area contributed by atoms with E-state index in [0.717, 1.165) is 17.4 Å². The monoisotopic (exact) mass is 429 g/mol. The van der Waals surface area contributed by atoms with Gasteiger partial charge in [-0.1, -0.05) is 12.7 Å². The molecule has 0 aliphatic heterocycles. The molecule has 0 unspecified atom stereocenters. The highest BCUT2D eigenvalue weighted by atomic mass is 32.1. The number of nitrogens with one attached hydrogen (secondary N) is 1. The Morgan fingerprint density at radius 3 is 2.60 bits per heavy atom. The predicted molar refractivity (Wildman–Crippen MR) is 113 cm³/mol. The number of carboxylic acid groups (broad SMARTS) is 1. The quantitative estimate of drug-likeness (QED) is 0.434. The van der Waals surface area contributed by atoms with Gasteiger partial charge >= 0.3 is 5.97 Å². The van der Waals surface area contributed by atoms with Crippen LogP contribution in [0.15, 0.2) is 70.2 Å². The van der Waals surface area contributed by atoms with Crippen LogP contribution in [-0.4, -0.2) is 17.0 Å². The molecule has 1 amide bonds. The summed E-state index contributed by atoms with van der Waals surface area (Å²) >= 11 is 0.914. The third-order valence-electron chi connectivity index (χ3n) is 4.52. The van der Waals surface area contributed by atoms with Crippen LogP contribution in [-0.2, 0) is 0 Å². The van der Waals surface area contributed by atoms with E-state index in [1.165, 1.54) is 25.5 Å². The van der Waals surface area contributed by atoms with E-state index in [4.69, 9.17) is 4.42 Å². The van der Waals surface area contributed by atoms with E-state index >= 15 is 0 Å². The Hall–Kier alpha value is -3.52. The van der Waals surface area contributed by atoms with Gasteiger partial charge in [-0.3, -0.25) is 4.79 Å². The maximum Gasteiger partial charge on any atom is 0.339 e. The van der Waals surface area contributed by atoms with Gasteiger partial charge in [0.2, 0.25) is 0 Å². The minimum Gasteiger partial charge on any atom is -0.478 e. The molecule has 0 saturated carbocycles. The zero-order valence-corrected chi connectivity index (χ0v) is 16.9. The van der Waals surface area contributed by atoms with E-state index in [9.17, 15) is 23.5 Å². The molecule has 2 N–H and O–H groups in total. The van der Waals surface area contributed by atoms with E-state index in [2.05, 4.69) is 11.9 Å². The minimum atomic E-state index is -1.37. The van der Waals surface area contributed by atoms with Crippen molar-refractivity contribution in [3.63, 3.8) is 0 Å². The zero-order valence-electron chi connectivity index (χ0n) is 16.1. The lowest BCUT2D eigenvalue weighted by Gasteiger charge is -2.08. The Kier molecular flexibility index (Phi) is 5.98. The summed E-state index contributed by atoms with van der Waals surface area (Å²) in [5.74, 6) is -4.21. The number of aromatic carboxylic acids is 1. The second kappa shape index (κ2) is 8.46. The molecule has 0 aliphatic carbocycles. The molecule has 3 aromatic rings. The number of benzene rings is 1. The maximum atomic E-state index is 14.5. The van der Waals surface area contributed by atoms with Crippen LogP contribution in [0.5, 0.6) is 0 Å². The normalized spacial score (nSPS) is 12.9. The molecular formula is C22H17F2NO4S. The van der Waals surface area contributed by atoms with Gasteiger partial charge in [-0.05, 0) is 49.3 Å². The molecule has 0 fully saturated rings. The number of hydrogen-bond donors (Lipinski definition) is 2. The molecular weight excluding hydrogens is 412 g/mol. The average Bonchev–Trinajstić information content (AvgIpc) is 3.37. The first-order valence-electron chi connectivity index (χ1n) is 8.74. The summed E-state index contributed by atoms with van der Waals surface area (Å²) in [5.41, 5.74) is 0.373. The second-order valence-corrected chi connectivity index (χ2v) is 7.31. The van der Waals surface area contributed by atoms with Crippen molar-refractivity contribution in [2.45, 2.75) is 13.8 Å². The lowest BCUT2D eigenvalue weighted by molar-refractivity contribution is 0.0698. The highest BCUT2D eigenvalue weighted by Gasteiger charge is 2.24. The molecule has 154 valence electrons. The Labute approximate surface area is 174 Å². The molecule has 2 heterocycles. The topological polar surface area (TPSA) is 79.5 Å². The summed E-state index contributed by atoms with van der Waals surface area (Å²) in [6, 6.07) is 6.47. The Morgan fingerprint density at radius 2 is 1.93 bits per heavy atom. The van der Waals surface area contributed by atoms with Crippen LogP contribution in [0.25, 0.3) is 16.5 Å². The summed E-state index contributed by atoms with van der Waals surface area (Å²) in [5, 5.41) is 14.3. The number of hydrogen-bond acceptors (Lipinski definition) is 4. The van der Waals surface area contributed by atoms with Crippen molar-refractivity contribution in [2.24, 2.45) is 0 Å². The number of rotatable bonds is 6. The van der Waals surface area contributed by atoms with Crippen LogP contribution in [0.2, 0.25) is 0 Å². The van der Waals surface area contributed by atoms with E-state index < -0.39 is 23.5 Å². The zero-order chi connectivity index (χ0) is 22.0. The van der Waals surface area contributed by atoms with Crippen molar-refractivity contribution in [1.29, 1.82) is 0 Å². The highest BCUT2D eigenvalue weighted by molar-refractivity contribution is 7.15. The minimum absolute atomic E-state index is 0.0119. The molecule has 0 aliphatic rings. The van der Waals surface area contributed by atoms with Gasteiger partial charge in [-0.2, -0.15) is 0 Å². The van der Waals surface area contributed by atoms with Crippen molar-refractivity contribution in [2.75, 3.05) is 5.32 Å². The number of allylic oxidation sites excluding steroid dienone is 5. The standard InChI is InChI=1S/C22H17F2NO4S/c1-4-11(2)18(23)19(24)12(3)15-10-30-21(17(15)22(27)28)25-20(26)14-5-6-16-13(9-14)7-8-29-16/h4-10H,1H2,2-3H3,(H,25,26)(H,27,28)/b18-11+,19-12-. The molecule has 0 saturated heterocycles. The fourth-order valence-electron chi connectivity index (χ4n) is 2.77. The van der Waals surface area contributed by atoms with Crippen molar-refractivity contribution in [3.8, 4) is 0 Å². The summed E-state index contributed by atoms with van der Waals surface area (Å²) in [6.45, 7) is 6.02. The smallest absolute Gasteiger partial charge is 0.339 e. The fraction of sp³-hybridized carbons (Fsp3) is 0.0909. The SMILES string of the molecule is C=C/C(C)=C(F)\C(F)=C(/C)c1csc(NC(=O)c2ccc3occc3c2)c1C(=O)O. The third-order valence-corrected chi connectivity index (χ3v) is 5.42. The van der Waals surface area contributed by atoms with Crippen LogP contribution >= 0.6 is 11.3 Å². The number of carbonyl (C=O) groups excluding carboxylic acids is 1. The van der Waals surface area contributed by atoms with E-state index in [-0.39, 0.29) is 27.3 Å². The molecule has 30 heavy (non-hydrogen) atoms. The average molecular weight is 429 g/mol. The number of halogens is 2. The number of carboxylic acids is 1. The molecule has 0 radical (unpaired) electrons. The van der Waals surface area contributed by atoms with Gasteiger partial charge in [0.05, 0.1) is 6.26 Å². The Bertz CT molecular complexity index is 1230. The van der Waals surface area contributed by atoms with Crippen LogP contribution in [0.1, 0.15) is 40.1 Å². The first kappa shape index (κ1) is 21.2. The van der Waals surface area contributed by atoms with E-state index in [0.29, 0.717) is 16.5 Å². The summed E-state index contributed by atoms with van der Waals surface area (Å²) < 4.78 is 33.9. The molecule has 0 bridgehead atoms. The molecule has 0 atom stereocenters. The number of amides is 1. The number of fused-ring (bicyclic) bond motifs is 1. The Morgan fingerprint density at radius 1 is 1.20 bits per heavy atom. The number of carbonyl (C=O) groups is 2. The predicted octanol–water partition coefficient (Wildman–Crippen LogP) is 6.57. The molecule has 0 spiro atoms. The van der Waals surface area contributed by atoms with Crippen molar-refractivity contribution in [3.05, 3.63) is 82.5 Å². The summed E-state index contributed by atoms with van der Waals surface area (Å²) in [4.78, 5) is 24.4. The van der Waals surface area contributed by atoms with Crippen LogP contribution in [0.4, 0.5) is 13.8 Å². The van der Waals surface area contributed by atoms with Crippen LogP contribution in [0.3, 0.4) is 0 Å². The van der Waals surface area contributed by atoms with Gasteiger partial charge in [0.25, 0.3) is 5.91 Å². The summed E-state index contributed by atoms with van der Waals surface area (Å²) in [7, 11) is 0. The molecule has 5 nitrogen and oxygen atoms in total. The van der Waals surface area contributed by atoms with Crippen molar-refractivity contribution < 1.29 is 27.9 Å². The highest BCUT2D eigenvalue weighted by Crippen LogP contribution is 2.37. The molecule has 2 aromatic heterocycles.